The second kappa shape index (κ2) is 26.3. The fraction of sp³-hybridized carbons (Fsp3) is 0.456. The Morgan fingerprint density at radius 3 is 2.24 bits per heavy atom. The number of β-amino-alcohol motifs (C(OH)–C–C–N with tert-alkyl or cyclic N) is 1. The quantitative estimate of drug-likeness (QED) is 0.0386. The van der Waals surface area contributed by atoms with Gasteiger partial charge in [-0.1, -0.05) is 70.4 Å². The predicted molar refractivity (Wildman–Crippen MR) is 307 cm³/mol. The molecule has 6 aromatic rings. The van der Waals surface area contributed by atoms with E-state index in [2.05, 4.69) is 61.7 Å². The van der Waals surface area contributed by atoms with Crippen molar-refractivity contribution in [3.05, 3.63) is 95.6 Å². The van der Waals surface area contributed by atoms with E-state index < -0.39 is 35.4 Å². The van der Waals surface area contributed by atoms with E-state index >= 15 is 0 Å². The summed E-state index contributed by atoms with van der Waals surface area (Å²) in [6.07, 6.45) is 7.21. The van der Waals surface area contributed by atoms with Gasteiger partial charge in [0.15, 0.2) is 23.1 Å². The van der Waals surface area contributed by atoms with Crippen molar-refractivity contribution in [2.45, 2.75) is 110 Å². The monoisotopic (exact) mass is 1110 g/mol. The molecule has 2 fully saturated rings. The van der Waals surface area contributed by atoms with Crippen LogP contribution in [0.25, 0.3) is 21.8 Å². The number of unbranched alkanes of at least 4 members (excludes halogenated alkanes) is 4. The highest BCUT2D eigenvalue weighted by Gasteiger charge is 2.44. The number of carbonyl (C=O) groups is 5. The molecule has 4 aromatic heterocycles. The zero-order valence-corrected chi connectivity index (χ0v) is 47.6. The highest BCUT2D eigenvalue weighted by molar-refractivity contribution is 7.13. The van der Waals surface area contributed by atoms with Crippen molar-refractivity contribution in [3.63, 3.8) is 0 Å². The third-order valence-corrected chi connectivity index (χ3v) is 15.4. The summed E-state index contributed by atoms with van der Waals surface area (Å²) in [7, 11) is 4.85. The van der Waals surface area contributed by atoms with Crippen LogP contribution in [-0.4, -0.2) is 144 Å². The number of aliphatic hydroxyl groups is 1. The molecule has 0 saturated carbocycles. The number of aryl methyl sites for hydroxylation is 2. The van der Waals surface area contributed by atoms with Gasteiger partial charge in [0.05, 0.1) is 64.2 Å². The van der Waals surface area contributed by atoms with E-state index in [0.29, 0.717) is 79.2 Å². The van der Waals surface area contributed by atoms with Crippen LogP contribution in [0.15, 0.2) is 78.7 Å². The Labute approximate surface area is 470 Å². The summed E-state index contributed by atoms with van der Waals surface area (Å²) in [6, 6.07) is 16.8. The molecule has 6 N–H and O–H groups in total. The van der Waals surface area contributed by atoms with Gasteiger partial charge in [-0.2, -0.15) is 5.10 Å². The molecule has 0 radical (unpaired) electrons. The maximum absolute atomic E-state index is 14.2. The van der Waals surface area contributed by atoms with Crippen molar-refractivity contribution in [1.82, 2.24) is 60.7 Å². The van der Waals surface area contributed by atoms with Gasteiger partial charge in [0, 0.05) is 72.1 Å². The number of aromatic nitrogens is 7. The summed E-state index contributed by atoms with van der Waals surface area (Å²) in [5.74, 6) is 0.539. The minimum absolute atomic E-state index is 0.00181. The Morgan fingerprint density at radius 2 is 1.59 bits per heavy atom. The second-order valence-corrected chi connectivity index (χ2v) is 22.2. The smallest absolute Gasteiger partial charge is 0.273 e. The fourth-order valence-electron chi connectivity index (χ4n) is 9.96. The van der Waals surface area contributed by atoms with Gasteiger partial charge in [-0.3, -0.25) is 28.7 Å². The molecule has 0 spiro atoms. The Hall–Kier alpha value is -8.05. The van der Waals surface area contributed by atoms with Crippen LogP contribution < -0.4 is 36.2 Å². The summed E-state index contributed by atoms with van der Waals surface area (Å²) in [4.78, 5) is 87.2. The number of methoxy groups -OCH3 is 1. The lowest BCUT2D eigenvalue weighted by Gasteiger charge is -2.36. The molecule has 0 aliphatic carbocycles. The second-order valence-electron chi connectivity index (χ2n) is 21.4. The van der Waals surface area contributed by atoms with E-state index in [-0.39, 0.29) is 48.8 Å². The van der Waals surface area contributed by atoms with E-state index in [4.69, 9.17) is 4.74 Å². The summed E-state index contributed by atoms with van der Waals surface area (Å²) in [5, 5.41) is 38.7. The van der Waals surface area contributed by atoms with Crippen LogP contribution in [0.4, 0.5) is 28.7 Å². The van der Waals surface area contributed by atoms with Crippen LogP contribution in [0.1, 0.15) is 107 Å². The molecule has 6 heterocycles. The van der Waals surface area contributed by atoms with E-state index in [1.54, 1.807) is 48.8 Å². The van der Waals surface area contributed by atoms with Crippen LogP contribution in [0.5, 0.6) is 5.75 Å². The molecule has 80 heavy (non-hydrogen) atoms. The minimum atomic E-state index is -0.898. The number of para-hydroxylation sites is 1. The van der Waals surface area contributed by atoms with Crippen LogP contribution in [0.2, 0.25) is 0 Å². The highest BCUT2D eigenvalue weighted by atomic mass is 32.1. The van der Waals surface area contributed by atoms with Gasteiger partial charge in [-0.05, 0) is 67.5 Å². The number of likely N-dealkylation sites (tertiary alicyclic amines) is 1. The molecule has 23 heteroatoms. The number of amides is 5. The number of carbonyl (C=O) groups excluding carboxylic acids is 5. The van der Waals surface area contributed by atoms with Crippen molar-refractivity contribution in [2.75, 3.05) is 62.4 Å². The Bertz CT molecular complexity index is 3120. The van der Waals surface area contributed by atoms with Gasteiger partial charge in [0.1, 0.15) is 24.2 Å². The first-order chi connectivity index (χ1) is 38.4. The van der Waals surface area contributed by atoms with Crippen molar-refractivity contribution in [3.8, 4) is 27.6 Å². The molecule has 0 bridgehead atoms. The number of anilines is 5. The molecule has 5 amide bonds. The van der Waals surface area contributed by atoms with Gasteiger partial charge in [0.2, 0.25) is 23.6 Å². The number of ether oxygens (including phenoxy) is 1. The van der Waals surface area contributed by atoms with Crippen molar-refractivity contribution in [1.29, 1.82) is 0 Å². The van der Waals surface area contributed by atoms with Gasteiger partial charge in [0.25, 0.3) is 5.91 Å². The number of nitrogens with one attached hydrogen (secondary N) is 5. The Kier molecular flexibility index (Phi) is 19.1. The molecular formula is C57H73N15O7S. The zero-order valence-electron chi connectivity index (χ0n) is 46.8. The normalized spacial score (nSPS) is 16.2. The van der Waals surface area contributed by atoms with Gasteiger partial charge in [-0.25, -0.2) is 15.0 Å². The number of thiazole rings is 1. The van der Waals surface area contributed by atoms with Crippen LogP contribution in [0, 0.1) is 12.3 Å². The first kappa shape index (κ1) is 58.1. The molecule has 2 aliphatic heterocycles. The standard InChI is InChI=1S/C57H73N15O7S/c1-35(37-19-21-38(22-20-37)51-36(2)61-34-80-51)62-54(76)44-29-40(73)32-72(44)56(78)52(57(3,4)5)65-47(74)17-12-10-9-11-13-18-48(75)71-27-25-70(26-28-71)39-23-24-45(59-31-39)64-46-30-43(49(67-66-46)55(77)58-6)63-42-16-14-15-41(50(42)79-8)53-60-33-69(7)68-53/h14-16,19-24,30-31,33-35,40,44,52,73H,9-13,17-18,25-29,32H2,1-8H3,(H,58,77)(H,62,76)(H,65,74)(H2,59,63,64,66)/t35?,40-,44+,52?/m1/s1. The number of hydrogen-bond acceptors (Lipinski definition) is 17. The number of hydrogen-bond donors (Lipinski definition) is 6. The van der Waals surface area contributed by atoms with Crippen LogP contribution in [0.3, 0.4) is 0 Å². The SMILES string of the molecule is CNC(=O)c1nnc(Nc2ccc(N3CCN(C(=O)CCCCCCCC(=O)NC(C(=O)N4C[C@H](O)C[C@H]4C(=O)NC(C)c4ccc(-c5scnc5C)cc4)C(C)(C)C)CC3)cn2)cc1Nc1cccc(-c2ncn(C)n2)c1OC. The lowest BCUT2D eigenvalue weighted by Crippen LogP contribution is -2.57. The lowest BCUT2D eigenvalue weighted by atomic mass is 9.85. The molecule has 2 saturated heterocycles. The van der Waals surface area contributed by atoms with E-state index in [0.717, 1.165) is 53.1 Å². The summed E-state index contributed by atoms with van der Waals surface area (Å²) in [5.41, 5.74) is 6.68. The number of rotatable bonds is 22. The topological polar surface area (TPSA) is 267 Å². The van der Waals surface area contributed by atoms with Gasteiger partial charge in [-0.15, -0.1) is 21.5 Å². The molecule has 22 nitrogen and oxygen atoms in total. The van der Waals surface area contributed by atoms with Crippen molar-refractivity contribution < 1.29 is 33.8 Å². The summed E-state index contributed by atoms with van der Waals surface area (Å²) in [6.45, 7) is 12.0. The number of pyridine rings is 1. The zero-order chi connectivity index (χ0) is 57.1. The lowest BCUT2D eigenvalue weighted by molar-refractivity contribution is -0.144. The number of piperazine rings is 1. The Balaban J connectivity index is 0.739. The molecule has 424 valence electrons. The Morgan fingerprint density at radius 1 is 0.850 bits per heavy atom. The average Bonchev–Trinajstić information content (AvgIpc) is 4.22. The molecule has 2 aromatic carbocycles. The summed E-state index contributed by atoms with van der Waals surface area (Å²) >= 11 is 1.58. The minimum Gasteiger partial charge on any atom is -0.494 e. The number of nitrogens with zero attached hydrogens (tertiary/aromatic N) is 10. The number of aliphatic hydroxyl groups excluding tert-OH is 1. The van der Waals surface area contributed by atoms with Crippen LogP contribution >= 0.6 is 11.3 Å². The van der Waals surface area contributed by atoms with Crippen LogP contribution in [-0.2, 0) is 26.2 Å². The first-order valence-corrected chi connectivity index (χ1v) is 28.0. The maximum Gasteiger partial charge on any atom is 0.273 e. The highest BCUT2D eigenvalue weighted by Crippen LogP contribution is 2.38. The van der Waals surface area contributed by atoms with E-state index in [1.165, 1.54) is 11.9 Å². The fourth-order valence-corrected chi connectivity index (χ4v) is 10.8. The predicted octanol–water partition coefficient (Wildman–Crippen LogP) is 6.70. The maximum atomic E-state index is 14.2. The average molecular weight is 1110 g/mol. The number of benzene rings is 2. The molecule has 2 aliphatic rings. The van der Waals surface area contributed by atoms with Crippen molar-refractivity contribution in [2.24, 2.45) is 12.5 Å². The molecule has 4 atom stereocenters. The third-order valence-electron chi connectivity index (χ3n) is 14.4. The molecule has 2 unspecified atom stereocenters. The van der Waals surface area contributed by atoms with E-state index in [9.17, 15) is 29.1 Å². The third kappa shape index (κ3) is 14.4. The van der Waals surface area contributed by atoms with Crippen molar-refractivity contribution >= 4 is 69.6 Å². The first-order valence-electron chi connectivity index (χ1n) is 27.1. The largest absolute Gasteiger partial charge is 0.494 e. The van der Waals surface area contributed by atoms with Gasteiger partial charge >= 0.3 is 0 Å². The van der Waals surface area contributed by atoms with Gasteiger partial charge < -0.3 is 51.1 Å². The summed E-state index contributed by atoms with van der Waals surface area (Å²) < 4.78 is 7.37. The van der Waals surface area contributed by atoms with E-state index in [1.807, 2.05) is 99.6 Å². The molecule has 8 rings (SSSR count). The molecular weight excluding hydrogens is 1040 g/mol.